The van der Waals surface area contributed by atoms with E-state index in [9.17, 15) is 19.7 Å². The molecule has 0 amide bonds. The van der Waals surface area contributed by atoms with Gasteiger partial charge in [0.25, 0.3) is 11.2 Å². The van der Waals surface area contributed by atoms with E-state index in [-0.39, 0.29) is 38.7 Å². The van der Waals surface area contributed by atoms with Gasteiger partial charge in [0, 0.05) is 27.8 Å². The minimum Gasteiger partial charge on any atom is -0.496 e. The fourth-order valence-corrected chi connectivity index (χ4v) is 6.25. The second kappa shape index (κ2) is 12.6. The van der Waals surface area contributed by atoms with E-state index < -0.39 is 22.5 Å². The molecule has 4 aromatic rings. The van der Waals surface area contributed by atoms with Gasteiger partial charge in [0.1, 0.15) is 23.3 Å². The molecule has 1 aliphatic heterocycles. The average molecular weight is 643 g/mol. The van der Waals surface area contributed by atoms with Crippen molar-refractivity contribution in [3.63, 3.8) is 0 Å². The number of nitro groups is 1. The normalized spacial score (nSPS) is 14.8. The standard InChI is InChI=1S/C30H25Cl2N3O7S/c1-4-6-21-26(29(37)41-5-2)27(20-13-16(31)8-11-23(20)40-3)34-28(36)25(43-30(34)33-21)15-18-9-12-24(42-18)19-10-7-17(32)14-22(19)35(38)39/h7-15,27H,4-6H2,1-3H3/b25-15+/t27-/m1/s1. The minimum absolute atomic E-state index is 0.137. The van der Waals surface area contributed by atoms with Crippen molar-refractivity contribution < 1.29 is 23.6 Å². The van der Waals surface area contributed by atoms with Crippen LogP contribution in [-0.2, 0) is 9.53 Å². The second-order valence-electron chi connectivity index (χ2n) is 9.42. The number of ether oxygens (including phenoxy) is 2. The average Bonchev–Trinajstić information content (AvgIpc) is 3.56. The Morgan fingerprint density at radius 2 is 1.91 bits per heavy atom. The number of esters is 1. The molecule has 13 heteroatoms. The van der Waals surface area contributed by atoms with Crippen LogP contribution in [0, 0.1) is 10.1 Å². The predicted octanol–water partition coefficient (Wildman–Crippen LogP) is 6.06. The molecule has 2 aromatic heterocycles. The summed E-state index contributed by atoms with van der Waals surface area (Å²) in [4.78, 5) is 43.6. The molecule has 0 fully saturated rings. The fourth-order valence-electron chi connectivity index (χ4n) is 4.90. The zero-order valence-electron chi connectivity index (χ0n) is 23.3. The molecular weight excluding hydrogens is 617 g/mol. The Labute approximate surface area is 259 Å². The van der Waals surface area contributed by atoms with Crippen LogP contribution in [0.4, 0.5) is 5.69 Å². The minimum atomic E-state index is -0.920. The van der Waals surface area contributed by atoms with Gasteiger partial charge in [-0.05, 0) is 55.8 Å². The molecule has 43 heavy (non-hydrogen) atoms. The molecule has 0 spiro atoms. The summed E-state index contributed by atoms with van der Waals surface area (Å²) in [5, 5.41) is 12.2. The predicted molar refractivity (Wildman–Crippen MR) is 163 cm³/mol. The molecule has 0 radical (unpaired) electrons. The molecule has 0 saturated heterocycles. The summed E-state index contributed by atoms with van der Waals surface area (Å²) >= 11 is 13.5. The quantitative estimate of drug-likeness (QED) is 0.123. The van der Waals surface area contributed by atoms with Gasteiger partial charge in [-0.15, -0.1) is 0 Å². The third-order valence-corrected chi connectivity index (χ3v) is 8.15. The SMILES string of the molecule is CCCC1=C(C(=O)OCC)[C@@H](c2cc(Cl)ccc2OC)n2c(s/c(=C/c3ccc(-c4ccc(Cl)cc4[N+](=O)[O-])o3)c2=O)=N1. The lowest BCUT2D eigenvalue weighted by molar-refractivity contribution is -0.384. The smallest absolute Gasteiger partial charge is 0.338 e. The van der Waals surface area contributed by atoms with Crippen LogP contribution >= 0.6 is 34.5 Å². The molecule has 1 aliphatic rings. The number of hydrogen-bond acceptors (Lipinski definition) is 9. The number of nitro benzene ring substituents is 1. The number of carbonyl (C=O) groups is 1. The Hall–Kier alpha value is -4.19. The van der Waals surface area contributed by atoms with Crippen LogP contribution in [0.2, 0.25) is 10.0 Å². The highest BCUT2D eigenvalue weighted by Crippen LogP contribution is 2.38. The Morgan fingerprint density at radius 3 is 2.60 bits per heavy atom. The molecule has 2 aromatic carbocycles. The number of furan rings is 1. The van der Waals surface area contributed by atoms with Crippen LogP contribution in [-0.4, -0.2) is 29.2 Å². The first-order valence-corrected chi connectivity index (χ1v) is 14.8. The van der Waals surface area contributed by atoms with Crippen LogP contribution in [0.3, 0.4) is 0 Å². The molecule has 0 bridgehead atoms. The molecule has 0 unspecified atom stereocenters. The van der Waals surface area contributed by atoms with Crippen LogP contribution in [0.1, 0.15) is 44.1 Å². The first-order chi connectivity index (χ1) is 20.7. The Kier molecular flexibility index (Phi) is 8.86. The summed E-state index contributed by atoms with van der Waals surface area (Å²) in [5.41, 5.74) is 0.854. The van der Waals surface area contributed by atoms with Gasteiger partial charge in [-0.25, -0.2) is 9.79 Å². The van der Waals surface area contributed by atoms with E-state index in [0.717, 1.165) is 11.3 Å². The summed E-state index contributed by atoms with van der Waals surface area (Å²) in [6.45, 7) is 3.81. The lowest BCUT2D eigenvalue weighted by atomic mass is 9.93. The Balaban J connectivity index is 1.71. The maximum Gasteiger partial charge on any atom is 0.338 e. The number of rotatable bonds is 9. The lowest BCUT2D eigenvalue weighted by Crippen LogP contribution is -2.40. The monoisotopic (exact) mass is 641 g/mol. The first-order valence-electron chi connectivity index (χ1n) is 13.3. The molecule has 10 nitrogen and oxygen atoms in total. The number of aromatic nitrogens is 1. The molecule has 5 rings (SSSR count). The van der Waals surface area contributed by atoms with E-state index in [4.69, 9.17) is 42.1 Å². The molecule has 0 saturated carbocycles. The summed E-state index contributed by atoms with van der Waals surface area (Å²) < 4.78 is 18.7. The largest absolute Gasteiger partial charge is 0.496 e. The van der Waals surface area contributed by atoms with E-state index in [1.807, 2.05) is 6.92 Å². The van der Waals surface area contributed by atoms with Gasteiger partial charge in [-0.2, -0.15) is 0 Å². The van der Waals surface area contributed by atoms with Gasteiger partial charge in [0.05, 0.1) is 40.0 Å². The van der Waals surface area contributed by atoms with E-state index in [0.29, 0.717) is 45.4 Å². The van der Waals surface area contributed by atoms with Crippen molar-refractivity contribution in [3.05, 3.63) is 111 Å². The molecule has 0 aliphatic carbocycles. The van der Waals surface area contributed by atoms with Crippen molar-refractivity contribution in [2.24, 2.45) is 4.99 Å². The number of halogens is 2. The van der Waals surface area contributed by atoms with Crippen LogP contribution in [0.5, 0.6) is 5.75 Å². The van der Waals surface area contributed by atoms with Gasteiger partial charge in [0.2, 0.25) is 0 Å². The van der Waals surface area contributed by atoms with Gasteiger partial charge in [-0.3, -0.25) is 19.5 Å². The van der Waals surface area contributed by atoms with Gasteiger partial charge >= 0.3 is 5.97 Å². The summed E-state index contributed by atoms with van der Waals surface area (Å²) in [6.07, 6.45) is 2.71. The second-order valence-corrected chi connectivity index (χ2v) is 11.3. The van der Waals surface area contributed by atoms with E-state index in [1.165, 1.54) is 36.0 Å². The molecule has 0 N–H and O–H groups in total. The topological polar surface area (TPSA) is 126 Å². The molecule has 1 atom stereocenters. The highest BCUT2D eigenvalue weighted by Gasteiger charge is 2.36. The Morgan fingerprint density at radius 1 is 1.16 bits per heavy atom. The fraction of sp³-hybridized carbons (Fsp3) is 0.233. The number of nitrogens with zero attached hydrogens (tertiary/aromatic N) is 3. The highest BCUT2D eigenvalue weighted by molar-refractivity contribution is 7.07. The van der Waals surface area contributed by atoms with E-state index >= 15 is 0 Å². The number of thiazole rings is 1. The maximum atomic E-state index is 14.0. The highest BCUT2D eigenvalue weighted by atomic mass is 35.5. The zero-order valence-corrected chi connectivity index (χ0v) is 25.6. The van der Waals surface area contributed by atoms with Crippen LogP contribution in [0.15, 0.2) is 74.0 Å². The lowest BCUT2D eigenvalue weighted by Gasteiger charge is -2.27. The van der Waals surface area contributed by atoms with Crippen molar-refractivity contribution in [1.82, 2.24) is 4.57 Å². The summed E-state index contributed by atoms with van der Waals surface area (Å²) in [5.74, 6) is 0.374. The first kappa shape index (κ1) is 30.3. The van der Waals surface area contributed by atoms with Gasteiger partial charge in [0.15, 0.2) is 4.80 Å². The van der Waals surface area contributed by atoms with Gasteiger partial charge in [-0.1, -0.05) is 47.9 Å². The number of fused-ring (bicyclic) bond motifs is 1. The summed E-state index contributed by atoms with van der Waals surface area (Å²) in [7, 11) is 1.50. The van der Waals surface area contributed by atoms with Gasteiger partial charge < -0.3 is 13.9 Å². The van der Waals surface area contributed by atoms with Crippen molar-refractivity contribution in [2.75, 3.05) is 13.7 Å². The van der Waals surface area contributed by atoms with E-state index in [2.05, 4.69) is 0 Å². The van der Waals surface area contributed by atoms with E-state index in [1.54, 1.807) is 37.3 Å². The van der Waals surface area contributed by atoms with Crippen LogP contribution in [0.25, 0.3) is 17.4 Å². The Bertz CT molecular complexity index is 1960. The van der Waals surface area contributed by atoms with Crippen molar-refractivity contribution >= 4 is 52.3 Å². The zero-order chi connectivity index (χ0) is 30.8. The number of methoxy groups -OCH3 is 1. The third-order valence-electron chi connectivity index (χ3n) is 6.70. The third kappa shape index (κ3) is 5.88. The van der Waals surface area contributed by atoms with Crippen molar-refractivity contribution in [1.29, 1.82) is 0 Å². The van der Waals surface area contributed by atoms with Crippen molar-refractivity contribution in [3.8, 4) is 17.1 Å². The van der Waals surface area contributed by atoms with Crippen molar-refractivity contribution in [2.45, 2.75) is 32.7 Å². The number of carbonyl (C=O) groups excluding carboxylic acids is 1. The molecule has 3 heterocycles. The number of benzene rings is 2. The molecule has 222 valence electrons. The maximum absolute atomic E-state index is 14.0. The summed E-state index contributed by atoms with van der Waals surface area (Å²) in [6, 6.07) is 11.5. The molecular formula is C30H25Cl2N3O7S. The number of allylic oxidation sites excluding steroid dienone is 1. The number of hydrogen-bond donors (Lipinski definition) is 0. The van der Waals surface area contributed by atoms with Crippen LogP contribution < -0.4 is 19.6 Å².